The second-order valence-electron chi connectivity index (χ2n) is 4.40. The van der Waals surface area contributed by atoms with Gasteiger partial charge in [-0.1, -0.05) is 36.4 Å². The smallest absolute Gasteiger partial charge is 0.106 e. The third kappa shape index (κ3) is 4.74. The van der Waals surface area contributed by atoms with Gasteiger partial charge in [0.2, 0.25) is 0 Å². The Hall–Kier alpha value is -1.23. The lowest BCUT2D eigenvalue weighted by atomic mass is 10.1. The maximum absolute atomic E-state index is 9.43. The van der Waals surface area contributed by atoms with Crippen LogP contribution >= 0.6 is 15.9 Å². The molecule has 2 N–H and O–H groups in total. The first-order chi connectivity index (χ1) is 9.28. The van der Waals surface area contributed by atoms with Gasteiger partial charge in [-0.25, -0.2) is 4.98 Å². The first-order valence-electron chi connectivity index (χ1n) is 6.27. The van der Waals surface area contributed by atoms with Crippen LogP contribution in [0.2, 0.25) is 0 Å². The Bertz CT molecular complexity index is 505. The summed E-state index contributed by atoms with van der Waals surface area (Å²) in [6.45, 7) is 0.764. The van der Waals surface area contributed by atoms with E-state index in [-0.39, 0.29) is 12.6 Å². The molecule has 1 aromatic heterocycles. The van der Waals surface area contributed by atoms with E-state index in [1.54, 1.807) is 0 Å². The van der Waals surface area contributed by atoms with Crippen molar-refractivity contribution in [1.29, 1.82) is 0 Å². The van der Waals surface area contributed by atoms with Crippen molar-refractivity contribution in [3.05, 3.63) is 64.4 Å². The van der Waals surface area contributed by atoms with Gasteiger partial charge in [-0.3, -0.25) is 0 Å². The van der Waals surface area contributed by atoms with Crippen LogP contribution in [0.25, 0.3) is 0 Å². The van der Waals surface area contributed by atoms with Crippen molar-refractivity contribution in [2.45, 2.75) is 19.0 Å². The van der Waals surface area contributed by atoms with Crippen LogP contribution in [0.4, 0.5) is 0 Å². The summed E-state index contributed by atoms with van der Waals surface area (Å²) >= 11 is 3.35. The van der Waals surface area contributed by atoms with Crippen molar-refractivity contribution in [2.75, 3.05) is 6.61 Å². The molecule has 0 aliphatic carbocycles. The van der Waals surface area contributed by atoms with Crippen LogP contribution in [0.3, 0.4) is 0 Å². The van der Waals surface area contributed by atoms with Gasteiger partial charge >= 0.3 is 0 Å². The third-order valence-electron chi connectivity index (χ3n) is 2.89. The minimum absolute atomic E-state index is 0.0446. The van der Waals surface area contributed by atoms with Gasteiger partial charge in [0.25, 0.3) is 0 Å². The zero-order valence-corrected chi connectivity index (χ0v) is 12.2. The number of pyridine rings is 1. The zero-order chi connectivity index (χ0) is 13.5. The van der Waals surface area contributed by atoms with E-state index < -0.39 is 0 Å². The summed E-state index contributed by atoms with van der Waals surface area (Å²) in [5.74, 6) is 0. The van der Waals surface area contributed by atoms with E-state index >= 15 is 0 Å². The van der Waals surface area contributed by atoms with Crippen LogP contribution < -0.4 is 5.32 Å². The lowest BCUT2D eigenvalue weighted by molar-refractivity contribution is 0.240. The number of benzene rings is 1. The molecule has 4 heteroatoms. The maximum Gasteiger partial charge on any atom is 0.106 e. The van der Waals surface area contributed by atoms with E-state index in [1.165, 1.54) is 5.56 Å². The van der Waals surface area contributed by atoms with Crippen LogP contribution in [-0.2, 0) is 13.0 Å². The van der Waals surface area contributed by atoms with E-state index in [2.05, 4.69) is 38.4 Å². The SMILES string of the molecule is OC[C@H](Cc1ccccc1)NCc1cccc(Br)n1. The minimum Gasteiger partial charge on any atom is -0.395 e. The number of nitrogens with zero attached hydrogens (tertiary/aromatic N) is 1. The van der Waals surface area contributed by atoms with E-state index in [0.29, 0.717) is 6.54 Å². The highest BCUT2D eigenvalue weighted by molar-refractivity contribution is 9.10. The summed E-state index contributed by atoms with van der Waals surface area (Å²) in [7, 11) is 0. The molecule has 0 amide bonds. The Morgan fingerprint density at radius 1 is 1.11 bits per heavy atom. The Morgan fingerprint density at radius 3 is 2.58 bits per heavy atom. The largest absolute Gasteiger partial charge is 0.395 e. The highest BCUT2D eigenvalue weighted by Gasteiger charge is 2.08. The monoisotopic (exact) mass is 320 g/mol. The third-order valence-corrected chi connectivity index (χ3v) is 3.33. The van der Waals surface area contributed by atoms with Gasteiger partial charge < -0.3 is 10.4 Å². The predicted octanol–water partition coefficient (Wildman–Crippen LogP) is 2.54. The normalized spacial score (nSPS) is 12.3. The van der Waals surface area contributed by atoms with Gasteiger partial charge in [0, 0.05) is 12.6 Å². The van der Waals surface area contributed by atoms with Crippen molar-refractivity contribution < 1.29 is 5.11 Å². The average molecular weight is 321 g/mol. The number of aromatic nitrogens is 1. The van der Waals surface area contributed by atoms with E-state index in [9.17, 15) is 5.11 Å². The van der Waals surface area contributed by atoms with E-state index in [4.69, 9.17) is 0 Å². The fourth-order valence-corrected chi connectivity index (χ4v) is 2.28. The standard InChI is InChI=1S/C15H17BrN2O/c16-15-8-4-7-13(18-15)10-17-14(11-19)9-12-5-2-1-3-6-12/h1-8,14,17,19H,9-11H2/t14-/m0/s1. The molecule has 1 aromatic carbocycles. The van der Waals surface area contributed by atoms with Crippen molar-refractivity contribution in [3.8, 4) is 0 Å². The number of hydrogen-bond donors (Lipinski definition) is 2. The molecule has 100 valence electrons. The summed E-state index contributed by atoms with van der Waals surface area (Å²) in [6.07, 6.45) is 0.811. The first kappa shape index (κ1) is 14.2. The topological polar surface area (TPSA) is 45.1 Å². The Morgan fingerprint density at radius 2 is 1.89 bits per heavy atom. The molecule has 0 aliphatic heterocycles. The second-order valence-corrected chi connectivity index (χ2v) is 5.21. The quantitative estimate of drug-likeness (QED) is 0.804. The number of hydrogen-bond acceptors (Lipinski definition) is 3. The molecule has 0 spiro atoms. The fraction of sp³-hybridized carbons (Fsp3) is 0.267. The number of aliphatic hydroxyl groups is 1. The van der Waals surface area contributed by atoms with Crippen LogP contribution in [0.15, 0.2) is 53.1 Å². The number of rotatable bonds is 6. The van der Waals surface area contributed by atoms with Gasteiger partial charge in [-0.05, 0) is 40.0 Å². The van der Waals surface area contributed by atoms with Crippen LogP contribution in [0.1, 0.15) is 11.3 Å². The fourth-order valence-electron chi connectivity index (χ4n) is 1.90. The molecule has 0 fully saturated rings. The summed E-state index contributed by atoms with van der Waals surface area (Å²) in [6, 6.07) is 16.0. The van der Waals surface area contributed by atoms with E-state index in [0.717, 1.165) is 16.7 Å². The summed E-state index contributed by atoms with van der Waals surface area (Å²) < 4.78 is 0.829. The van der Waals surface area contributed by atoms with Crippen molar-refractivity contribution in [2.24, 2.45) is 0 Å². The summed E-state index contributed by atoms with van der Waals surface area (Å²) in [5.41, 5.74) is 2.18. The lowest BCUT2D eigenvalue weighted by Crippen LogP contribution is -2.34. The van der Waals surface area contributed by atoms with Crippen molar-refractivity contribution >= 4 is 15.9 Å². The van der Waals surface area contributed by atoms with Gasteiger partial charge in [0.15, 0.2) is 0 Å². The molecule has 3 nitrogen and oxygen atoms in total. The summed E-state index contributed by atoms with van der Waals surface area (Å²) in [4.78, 5) is 4.36. The average Bonchev–Trinajstić information content (AvgIpc) is 2.44. The summed E-state index contributed by atoms with van der Waals surface area (Å²) in [5, 5.41) is 12.8. The van der Waals surface area contributed by atoms with Gasteiger partial charge in [-0.15, -0.1) is 0 Å². The van der Waals surface area contributed by atoms with Gasteiger partial charge in [-0.2, -0.15) is 0 Å². The molecule has 0 unspecified atom stereocenters. The molecule has 1 heterocycles. The van der Waals surface area contributed by atoms with Crippen LogP contribution in [-0.4, -0.2) is 22.7 Å². The highest BCUT2D eigenvalue weighted by atomic mass is 79.9. The number of nitrogens with one attached hydrogen (secondary N) is 1. The molecule has 1 atom stereocenters. The van der Waals surface area contributed by atoms with Crippen LogP contribution in [0.5, 0.6) is 0 Å². The van der Waals surface area contributed by atoms with E-state index in [1.807, 2.05) is 36.4 Å². The molecule has 0 saturated carbocycles. The van der Waals surface area contributed by atoms with Gasteiger partial charge in [0.05, 0.1) is 12.3 Å². The second kappa shape index (κ2) is 7.38. The Balaban J connectivity index is 1.89. The predicted molar refractivity (Wildman–Crippen MR) is 79.8 cm³/mol. The molecule has 0 radical (unpaired) electrons. The molecule has 0 bridgehead atoms. The Labute approximate surface area is 121 Å². The molecule has 2 aromatic rings. The molecule has 0 aliphatic rings. The van der Waals surface area contributed by atoms with Crippen molar-refractivity contribution in [3.63, 3.8) is 0 Å². The maximum atomic E-state index is 9.43. The lowest BCUT2D eigenvalue weighted by Gasteiger charge is -2.16. The molecule has 2 rings (SSSR count). The molecule has 0 saturated heterocycles. The molecular weight excluding hydrogens is 304 g/mol. The molecular formula is C15H17BrN2O. The number of halogens is 1. The zero-order valence-electron chi connectivity index (χ0n) is 10.6. The minimum atomic E-state index is 0.0446. The first-order valence-corrected chi connectivity index (χ1v) is 7.07. The van der Waals surface area contributed by atoms with Crippen LogP contribution in [0, 0.1) is 0 Å². The van der Waals surface area contributed by atoms with Crippen molar-refractivity contribution in [1.82, 2.24) is 10.3 Å². The van der Waals surface area contributed by atoms with Gasteiger partial charge in [0.1, 0.15) is 4.60 Å². The highest BCUT2D eigenvalue weighted by Crippen LogP contribution is 2.07. The Kier molecular flexibility index (Phi) is 5.51. The molecule has 19 heavy (non-hydrogen) atoms. The number of aliphatic hydroxyl groups excluding tert-OH is 1.